The van der Waals surface area contributed by atoms with Crippen LogP contribution in [0.15, 0.2) is 60.7 Å². The van der Waals surface area contributed by atoms with Crippen LogP contribution >= 0.6 is 24.8 Å². The lowest BCUT2D eigenvalue weighted by atomic mass is 10.1. The Hall–Kier alpha value is -1.80. The summed E-state index contributed by atoms with van der Waals surface area (Å²) < 4.78 is 37.7. The van der Waals surface area contributed by atoms with Crippen LogP contribution in [-0.2, 0) is 17.9 Å². The maximum Gasteiger partial charge on any atom is 0.471 e. The van der Waals surface area contributed by atoms with E-state index in [1.54, 1.807) is 0 Å². The van der Waals surface area contributed by atoms with Crippen LogP contribution in [0.4, 0.5) is 13.2 Å². The fourth-order valence-corrected chi connectivity index (χ4v) is 3.47. The summed E-state index contributed by atoms with van der Waals surface area (Å²) in [5.74, 6) is -1.88. The lowest BCUT2D eigenvalue weighted by Crippen LogP contribution is -2.57. The molecule has 2 aromatic carbocycles. The minimum atomic E-state index is -4.86. The molecule has 2 aromatic rings. The number of piperazine rings is 1. The third-order valence-electron chi connectivity index (χ3n) is 4.92. The number of halogens is 5. The highest BCUT2D eigenvalue weighted by molar-refractivity contribution is 5.85. The largest absolute Gasteiger partial charge is 0.471 e. The highest BCUT2D eigenvalue weighted by Gasteiger charge is 2.39. The van der Waals surface area contributed by atoms with Crippen molar-refractivity contribution >= 4 is 30.7 Å². The van der Waals surface area contributed by atoms with Crippen LogP contribution in [0.2, 0.25) is 0 Å². The summed E-state index contributed by atoms with van der Waals surface area (Å²) in [5.41, 5.74) is 2.27. The number of benzene rings is 2. The van der Waals surface area contributed by atoms with Crippen LogP contribution in [0.5, 0.6) is 0 Å². The molecule has 166 valence electrons. The van der Waals surface area contributed by atoms with Crippen molar-refractivity contribution in [2.24, 2.45) is 0 Å². The average molecular weight is 464 g/mol. The molecule has 30 heavy (non-hydrogen) atoms. The third kappa shape index (κ3) is 7.80. The van der Waals surface area contributed by atoms with Crippen LogP contribution in [-0.4, -0.2) is 54.1 Å². The molecule has 0 saturated carbocycles. The SMILES string of the molecule is Cl.Cl.O=C(NCC1CN(Cc2ccccc2)CCN1Cc1ccccc1)C(F)(F)F. The monoisotopic (exact) mass is 463 g/mol. The van der Waals surface area contributed by atoms with Gasteiger partial charge in [0, 0.05) is 45.3 Å². The van der Waals surface area contributed by atoms with E-state index in [1.165, 1.54) is 0 Å². The predicted molar refractivity (Wildman–Crippen MR) is 116 cm³/mol. The Morgan fingerprint density at radius 3 is 1.97 bits per heavy atom. The molecule has 9 heteroatoms. The third-order valence-corrected chi connectivity index (χ3v) is 4.92. The van der Waals surface area contributed by atoms with Crippen molar-refractivity contribution in [1.29, 1.82) is 0 Å². The summed E-state index contributed by atoms with van der Waals surface area (Å²) in [7, 11) is 0. The summed E-state index contributed by atoms with van der Waals surface area (Å²) >= 11 is 0. The van der Waals surface area contributed by atoms with E-state index in [0.29, 0.717) is 13.1 Å². The first-order valence-electron chi connectivity index (χ1n) is 9.31. The first-order chi connectivity index (χ1) is 13.4. The number of carbonyl (C=O) groups excluding carboxylic acids is 1. The maximum absolute atomic E-state index is 12.6. The zero-order valence-electron chi connectivity index (χ0n) is 16.3. The molecule has 4 nitrogen and oxygen atoms in total. The second kappa shape index (κ2) is 12.2. The number of amides is 1. The summed E-state index contributed by atoms with van der Waals surface area (Å²) in [6.45, 7) is 3.51. The number of alkyl halides is 3. The van der Waals surface area contributed by atoms with Crippen LogP contribution in [0.25, 0.3) is 0 Å². The van der Waals surface area contributed by atoms with Crippen LogP contribution in [0.3, 0.4) is 0 Å². The predicted octanol–water partition coefficient (Wildman–Crippen LogP) is 3.90. The fourth-order valence-electron chi connectivity index (χ4n) is 3.47. The molecule has 1 aliphatic heterocycles. The van der Waals surface area contributed by atoms with E-state index in [2.05, 4.69) is 15.1 Å². The summed E-state index contributed by atoms with van der Waals surface area (Å²) in [6.07, 6.45) is -4.86. The Kier molecular flexibility index (Phi) is 10.6. The minimum absolute atomic E-state index is 0. The van der Waals surface area contributed by atoms with E-state index in [-0.39, 0.29) is 37.4 Å². The van der Waals surface area contributed by atoms with Gasteiger partial charge in [-0.05, 0) is 11.1 Å². The smallest absolute Gasteiger partial charge is 0.347 e. The molecule has 1 unspecified atom stereocenters. The molecule has 1 atom stereocenters. The molecule has 1 heterocycles. The fraction of sp³-hybridized carbons (Fsp3) is 0.381. The van der Waals surface area contributed by atoms with Crippen LogP contribution < -0.4 is 5.32 Å². The van der Waals surface area contributed by atoms with Gasteiger partial charge in [-0.15, -0.1) is 24.8 Å². The van der Waals surface area contributed by atoms with Crippen molar-refractivity contribution in [3.05, 3.63) is 71.8 Å². The van der Waals surface area contributed by atoms with Gasteiger partial charge in [-0.2, -0.15) is 13.2 Å². The Morgan fingerprint density at radius 2 is 1.43 bits per heavy atom. The Morgan fingerprint density at radius 1 is 0.900 bits per heavy atom. The summed E-state index contributed by atoms with van der Waals surface area (Å²) in [6, 6.07) is 19.6. The first kappa shape index (κ1) is 26.2. The molecule has 1 aliphatic rings. The lowest BCUT2D eigenvalue weighted by Gasteiger charge is -2.41. The van der Waals surface area contributed by atoms with E-state index in [9.17, 15) is 18.0 Å². The normalized spacial score (nSPS) is 17.5. The number of nitrogens with zero attached hydrogens (tertiary/aromatic N) is 2. The first-order valence-corrected chi connectivity index (χ1v) is 9.31. The number of nitrogens with one attached hydrogen (secondary N) is 1. The summed E-state index contributed by atoms with van der Waals surface area (Å²) in [5, 5.41) is 2.06. The minimum Gasteiger partial charge on any atom is -0.347 e. The zero-order valence-corrected chi connectivity index (χ0v) is 18.0. The molecular formula is C21H26Cl2F3N3O. The summed E-state index contributed by atoms with van der Waals surface area (Å²) in [4.78, 5) is 15.6. The molecule has 0 aromatic heterocycles. The quantitative estimate of drug-likeness (QED) is 0.705. The molecule has 0 spiro atoms. The molecule has 0 bridgehead atoms. The number of rotatable bonds is 6. The maximum atomic E-state index is 12.6. The van der Waals surface area contributed by atoms with E-state index >= 15 is 0 Å². The van der Waals surface area contributed by atoms with Gasteiger partial charge in [0.05, 0.1) is 0 Å². The van der Waals surface area contributed by atoms with E-state index in [1.807, 2.05) is 60.7 Å². The molecule has 0 aliphatic carbocycles. The van der Waals surface area contributed by atoms with Crippen molar-refractivity contribution in [2.75, 3.05) is 26.2 Å². The Labute approximate surface area is 187 Å². The topological polar surface area (TPSA) is 35.6 Å². The highest BCUT2D eigenvalue weighted by Crippen LogP contribution is 2.18. The van der Waals surface area contributed by atoms with Crippen molar-refractivity contribution < 1.29 is 18.0 Å². The number of carbonyl (C=O) groups is 1. The van der Waals surface area contributed by atoms with Crippen molar-refractivity contribution in [2.45, 2.75) is 25.3 Å². The average Bonchev–Trinajstić information content (AvgIpc) is 2.68. The Bertz CT molecular complexity index is 763. The van der Waals surface area contributed by atoms with Gasteiger partial charge in [0.1, 0.15) is 0 Å². The zero-order chi connectivity index (χ0) is 20.0. The molecule has 1 N–H and O–H groups in total. The van der Waals surface area contributed by atoms with E-state index in [0.717, 1.165) is 30.8 Å². The van der Waals surface area contributed by atoms with Gasteiger partial charge in [-0.25, -0.2) is 0 Å². The van der Waals surface area contributed by atoms with Gasteiger partial charge in [0.15, 0.2) is 0 Å². The lowest BCUT2D eigenvalue weighted by molar-refractivity contribution is -0.173. The number of hydrogen-bond donors (Lipinski definition) is 1. The van der Waals surface area contributed by atoms with Gasteiger partial charge < -0.3 is 5.32 Å². The molecule has 3 rings (SSSR count). The van der Waals surface area contributed by atoms with Gasteiger partial charge in [0.2, 0.25) is 0 Å². The van der Waals surface area contributed by atoms with Gasteiger partial charge in [0.25, 0.3) is 0 Å². The number of hydrogen-bond acceptors (Lipinski definition) is 3. The molecule has 0 radical (unpaired) electrons. The van der Waals surface area contributed by atoms with Gasteiger partial charge >= 0.3 is 12.1 Å². The molecular weight excluding hydrogens is 438 g/mol. The Balaban J connectivity index is 0.00000225. The van der Waals surface area contributed by atoms with Crippen molar-refractivity contribution in [3.63, 3.8) is 0 Å². The van der Waals surface area contributed by atoms with Crippen molar-refractivity contribution in [3.8, 4) is 0 Å². The van der Waals surface area contributed by atoms with Crippen molar-refractivity contribution in [1.82, 2.24) is 15.1 Å². The van der Waals surface area contributed by atoms with Gasteiger partial charge in [-0.3, -0.25) is 14.6 Å². The molecule has 1 saturated heterocycles. The van der Waals surface area contributed by atoms with Crippen LogP contribution in [0.1, 0.15) is 11.1 Å². The standard InChI is InChI=1S/C21H24F3N3O.2ClH/c22-21(23,24)20(28)25-13-19-16-26(14-17-7-3-1-4-8-17)11-12-27(19)15-18-9-5-2-6-10-18;;/h1-10,19H,11-16H2,(H,25,28);2*1H. The van der Waals surface area contributed by atoms with E-state index in [4.69, 9.17) is 0 Å². The molecule has 1 fully saturated rings. The van der Waals surface area contributed by atoms with Crippen LogP contribution in [0, 0.1) is 0 Å². The second-order valence-electron chi connectivity index (χ2n) is 7.04. The second-order valence-corrected chi connectivity index (χ2v) is 7.04. The van der Waals surface area contributed by atoms with Gasteiger partial charge in [-0.1, -0.05) is 60.7 Å². The molecule has 1 amide bonds. The highest BCUT2D eigenvalue weighted by atomic mass is 35.5. The van der Waals surface area contributed by atoms with E-state index < -0.39 is 12.1 Å².